The van der Waals surface area contributed by atoms with E-state index in [0.29, 0.717) is 5.56 Å². The maximum absolute atomic E-state index is 12.1. The first kappa shape index (κ1) is 13.6. The van der Waals surface area contributed by atoms with Crippen LogP contribution in [0.15, 0.2) is 42.2 Å². The zero-order chi connectivity index (χ0) is 15.9. The molecule has 0 unspecified atom stereocenters. The Labute approximate surface area is 123 Å². The first-order chi connectivity index (χ1) is 10.5. The maximum atomic E-state index is 12.1. The predicted octanol–water partition coefficient (Wildman–Crippen LogP) is 2.62. The Morgan fingerprint density at radius 3 is 2.41 bits per heavy atom. The monoisotopic (exact) mass is 299 g/mol. The number of fused-ring (bicyclic) bond motifs is 1. The summed E-state index contributed by atoms with van der Waals surface area (Å²) in [5.74, 6) is -1.47. The number of phenols is 2. The number of aromatic hydroxyl groups is 2. The molecule has 0 saturated heterocycles. The number of carbonyl (C=O) groups is 1. The highest BCUT2D eigenvalue weighted by molar-refractivity contribution is 6.15. The van der Waals surface area contributed by atoms with Crippen molar-refractivity contribution in [1.29, 1.82) is 0 Å². The summed E-state index contributed by atoms with van der Waals surface area (Å²) in [7, 11) is 0. The Morgan fingerprint density at radius 1 is 1.09 bits per heavy atom. The summed E-state index contributed by atoms with van der Waals surface area (Å²) in [5, 5.41) is 29.7. The second-order valence-electron chi connectivity index (χ2n) is 4.60. The average molecular weight is 299 g/mol. The zero-order valence-electron chi connectivity index (χ0n) is 11.0. The van der Waals surface area contributed by atoms with Crippen molar-refractivity contribution >= 4 is 17.5 Å². The summed E-state index contributed by atoms with van der Waals surface area (Å²) in [5.41, 5.74) is 0.612. The molecule has 110 valence electrons. The number of carbonyl (C=O) groups excluding carboxylic acids is 1. The first-order valence-electron chi connectivity index (χ1n) is 6.21. The van der Waals surface area contributed by atoms with Gasteiger partial charge in [0.05, 0.1) is 10.5 Å². The highest BCUT2D eigenvalue weighted by atomic mass is 16.6. The van der Waals surface area contributed by atoms with Gasteiger partial charge < -0.3 is 14.9 Å². The molecule has 0 aromatic heterocycles. The van der Waals surface area contributed by atoms with E-state index in [1.54, 1.807) is 0 Å². The molecule has 0 aliphatic carbocycles. The van der Waals surface area contributed by atoms with E-state index in [1.807, 2.05) is 0 Å². The highest BCUT2D eigenvalue weighted by Gasteiger charge is 2.31. The van der Waals surface area contributed by atoms with Crippen molar-refractivity contribution in [3.8, 4) is 17.2 Å². The van der Waals surface area contributed by atoms with Gasteiger partial charge in [-0.15, -0.1) is 0 Å². The Hall–Kier alpha value is -3.35. The molecule has 7 heteroatoms. The van der Waals surface area contributed by atoms with Crippen molar-refractivity contribution in [3.63, 3.8) is 0 Å². The third-order valence-corrected chi connectivity index (χ3v) is 3.19. The van der Waals surface area contributed by atoms with Crippen LogP contribution in [0.2, 0.25) is 0 Å². The molecular weight excluding hydrogens is 290 g/mol. The van der Waals surface area contributed by atoms with Gasteiger partial charge in [-0.1, -0.05) is 0 Å². The van der Waals surface area contributed by atoms with E-state index in [4.69, 9.17) is 4.74 Å². The third kappa shape index (κ3) is 2.14. The Kier molecular flexibility index (Phi) is 3.03. The van der Waals surface area contributed by atoms with E-state index in [0.717, 1.165) is 0 Å². The molecular formula is C15H9NO6. The van der Waals surface area contributed by atoms with Crippen molar-refractivity contribution in [3.05, 3.63) is 63.4 Å². The van der Waals surface area contributed by atoms with Crippen LogP contribution in [0.4, 0.5) is 5.69 Å². The molecule has 0 spiro atoms. The number of nitro benzene ring substituents is 1. The molecule has 0 fully saturated rings. The van der Waals surface area contributed by atoms with Crippen LogP contribution < -0.4 is 4.74 Å². The largest absolute Gasteiger partial charge is 0.504 e. The third-order valence-electron chi connectivity index (χ3n) is 3.19. The SMILES string of the molecule is O=C1/C(=C/c2ccc([N+](=O)[O-])cc2)Oc2c1ccc(O)c2O. The van der Waals surface area contributed by atoms with E-state index in [9.17, 15) is 25.1 Å². The van der Waals surface area contributed by atoms with Gasteiger partial charge >= 0.3 is 0 Å². The topological polar surface area (TPSA) is 110 Å². The minimum atomic E-state index is -0.523. The van der Waals surface area contributed by atoms with Gasteiger partial charge in [0.1, 0.15) is 0 Å². The van der Waals surface area contributed by atoms with Crippen molar-refractivity contribution in [2.24, 2.45) is 0 Å². The van der Waals surface area contributed by atoms with Gasteiger partial charge in [0, 0.05) is 12.1 Å². The standard InChI is InChI=1S/C15H9NO6/c17-11-6-5-10-13(18)12(22-15(10)14(11)19)7-8-1-3-9(4-2-8)16(20)21/h1-7,17,19H/b12-7-. The summed E-state index contributed by atoms with van der Waals surface area (Å²) in [6.07, 6.45) is 1.41. The number of nitrogens with zero attached hydrogens (tertiary/aromatic N) is 1. The number of ether oxygens (including phenoxy) is 1. The van der Waals surface area contributed by atoms with Crippen LogP contribution in [0.5, 0.6) is 17.2 Å². The van der Waals surface area contributed by atoms with E-state index in [-0.39, 0.29) is 28.5 Å². The molecule has 1 heterocycles. The van der Waals surface area contributed by atoms with Crippen LogP contribution in [-0.4, -0.2) is 20.9 Å². The van der Waals surface area contributed by atoms with E-state index in [2.05, 4.69) is 0 Å². The van der Waals surface area contributed by atoms with Crippen LogP contribution >= 0.6 is 0 Å². The van der Waals surface area contributed by atoms with Crippen LogP contribution in [0.1, 0.15) is 15.9 Å². The molecule has 2 N–H and O–H groups in total. The number of ketones is 1. The van der Waals surface area contributed by atoms with Crippen LogP contribution in [0.25, 0.3) is 6.08 Å². The molecule has 2 aromatic rings. The smallest absolute Gasteiger partial charge is 0.269 e. The molecule has 7 nitrogen and oxygen atoms in total. The highest BCUT2D eigenvalue weighted by Crippen LogP contribution is 2.44. The van der Waals surface area contributed by atoms with Gasteiger partial charge in [-0.05, 0) is 35.9 Å². The second-order valence-corrected chi connectivity index (χ2v) is 4.60. The Bertz CT molecular complexity index is 823. The predicted molar refractivity (Wildman–Crippen MR) is 75.8 cm³/mol. The van der Waals surface area contributed by atoms with Crippen molar-refractivity contribution in [2.45, 2.75) is 0 Å². The second kappa shape index (κ2) is 4.88. The lowest BCUT2D eigenvalue weighted by Crippen LogP contribution is -1.98. The fourth-order valence-corrected chi connectivity index (χ4v) is 2.07. The molecule has 0 amide bonds. The number of phenolic OH excluding ortho intramolecular Hbond substituents is 2. The summed E-state index contributed by atoms with van der Waals surface area (Å²) in [6.45, 7) is 0. The quantitative estimate of drug-likeness (QED) is 0.382. The van der Waals surface area contributed by atoms with Crippen molar-refractivity contribution in [2.75, 3.05) is 0 Å². The summed E-state index contributed by atoms with van der Waals surface area (Å²) < 4.78 is 5.28. The molecule has 0 radical (unpaired) electrons. The minimum Gasteiger partial charge on any atom is -0.504 e. The molecule has 0 atom stereocenters. The number of Topliss-reactive ketones (excluding diaryl/α,β-unsaturated/α-hetero) is 1. The lowest BCUT2D eigenvalue weighted by atomic mass is 10.1. The number of hydrogen-bond donors (Lipinski definition) is 2. The average Bonchev–Trinajstić information content (AvgIpc) is 2.81. The lowest BCUT2D eigenvalue weighted by molar-refractivity contribution is -0.384. The van der Waals surface area contributed by atoms with E-state index in [1.165, 1.54) is 42.5 Å². The minimum absolute atomic E-state index is 0.0373. The first-order valence-corrected chi connectivity index (χ1v) is 6.21. The maximum Gasteiger partial charge on any atom is 0.269 e. The molecule has 1 aliphatic rings. The van der Waals surface area contributed by atoms with E-state index < -0.39 is 16.5 Å². The number of benzene rings is 2. The number of allylic oxidation sites excluding steroid dienone is 1. The van der Waals surface area contributed by atoms with Gasteiger partial charge in [-0.2, -0.15) is 0 Å². The Balaban J connectivity index is 1.95. The summed E-state index contributed by atoms with van der Waals surface area (Å²) in [4.78, 5) is 22.2. The molecule has 0 saturated carbocycles. The molecule has 1 aliphatic heterocycles. The number of hydrogen-bond acceptors (Lipinski definition) is 6. The van der Waals surface area contributed by atoms with E-state index >= 15 is 0 Å². The van der Waals surface area contributed by atoms with Gasteiger partial charge in [0.15, 0.2) is 17.3 Å². The fourth-order valence-electron chi connectivity index (χ4n) is 2.07. The fraction of sp³-hybridized carbons (Fsp3) is 0. The molecule has 2 aromatic carbocycles. The normalized spacial score (nSPS) is 14.7. The molecule has 3 rings (SSSR count). The summed E-state index contributed by atoms with van der Waals surface area (Å²) >= 11 is 0. The number of non-ortho nitro benzene ring substituents is 1. The zero-order valence-corrected chi connectivity index (χ0v) is 11.0. The van der Waals surface area contributed by atoms with Gasteiger partial charge in [-0.3, -0.25) is 14.9 Å². The van der Waals surface area contributed by atoms with Crippen LogP contribution in [-0.2, 0) is 0 Å². The van der Waals surface area contributed by atoms with Gasteiger partial charge in [0.2, 0.25) is 11.5 Å². The Morgan fingerprint density at radius 2 is 1.77 bits per heavy atom. The number of nitro groups is 1. The van der Waals surface area contributed by atoms with Gasteiger partial charge in [0.25, 0.3) is 5.69 Å². The van der Waals surface area contributed by atoms with Gasteiger partial charge in [-0.25, -0.2) is 0 Å². The summed E-state index contributed by atoms with van der Waals surface area (Å²) in [6, 6.07) is 8.11. The lowest BCUT2D eigenvalue weighted by Gasteiger charge is -2.02. The number of rotatable bonds is 2. The van der Waals surface area contributed by atoms with Crippen LogP contribution in [0.3, 0.4) is 0 Å². The van der Waals surface area contributed by atoms with Crippen LogP contribution in [0, 0.1) is 10.1 Å². The van der Waals surface area contributed by atoms with Crippen molar-refractivity contribution in [1.82, 2.24) is 0 Å². The van der Waals surface area contributed by atoms with Crippen molar-refractivity contribution < 1.29 is 24.7 Å². The molecule has 0 bridgehead atoms. The molecule has 22 heavy (non-hydrogen) atoms.